The fourth-order valence-electron chi connectivity index (χ4n) is 1.32. The van der Waals surface area contributed by atoms with Crippen molar-refractivity contribution in [2.45, 2.75) is 6.54 Å². The molecular formula is C10H12FN5. The molecule has 0 aliphatic heterocycles. The summed E-state index contributed by atoms with van der Waals surface area (Å²) in [4.78, 5) is 4.04. The van der Waals surface area contributed by atoms with Gasteiger partial charge in [0.1, 0.15) is 12.1 Å². The second-order valence-electron chi connectivity index (χ2n) is 3.42. The van der Waals surface area contributed by atoms with Crippen molar-refractivity contribution in [1.82, 2.24) is 14.8 Å². The van der Waals surface area contributed by atoms with Crippen LogP contribution in [0.4, 0.5) is 15.8 Å². The van der Waals surface area contributed by atoms with Gasteiger partial charge >= 0.3 is 0 Å². The first-order chi connectivity index (χ1) is 7.65. The summed E-state index contributed by atoms with van der Waals surface area (Å²) in [5, 5.41) is 7.07. The van der Waals surface area contributed by atoms with Crippen LogP contribution in [0.1, 0.15) is 5.82 Å². The van der Waals surface area contributed by atoms with Gasteiger partial charge in [-0.1, -0.05) is 0 Å². The SMILES string of the molecule is Cn1cnc(CNc2cc(F)ccc2N)n1. The van der Waals surface area contributed by atoms with Gasteiger partial charge in [-0.25, -0.2) is 9.37 Å². The molecule has 5 nitrogen and oxygen atoms in total. The Morgan fingerprint density at radius 2 is 2.31 bits per heavy atom. The predicted octanol–water partition coefficient (Wildman–Crippen LogP) is 1.15. The largest absolute Gasteiger partial charge is 0.397 e. The highest BCUT2D eigenvalue weighted by atomic mass is 19.1. The number of hydrogen-bond acceptors (Lipinski definition) is 4. The van der Waals surface area contributed by atoms with Gasteiger partial charge in [0.15, 0.2) is 5.82 Å². The molecule has 0 atom stereocenters. The first-order valence-corrected chi connectivity index (χ1v) is 4.78. The Hall–Kier alpha value is -2.11. The minimum Gasteiger partial charge on any atom is -0.397 e. The van der Waals surface area contributed by atoms with Gasteiger partial charge in [-0.2, -0.15) is 5.10 Å². The third kappa shape index (κ3) is 2.28. The van der Waals surface area contributed by atoms with Crippen LogP contribution in [-0.4, -0.2) is 14.8 Å². The van der Waals surface area contributed by atoms with Gasteiger partial charge in [0, 0.05) is 7.05 Å². The normalized spacial score (nSPS) is 10.4. The molecular weight excluding hydrogens is 209 g/mol. The summed E-state index contributed by atoms with van der Waals surface area (Å²) < 4.78 is 14.5. The average molecular weight is 221 g/mol. The molecule has 0 unspecified atom stereocenters. The van der Waals surface area contributed by atoms with E-state index >= 15 is 0 Å². The summed E-state index contributed by atoms with van der Waals surface area (Å²) in [6.45, 7) is 0.411. The molecule has 0 bridgehead atoms. The number of nitrogen functional groups attached to an aromatic ring is 1. The minimum absolute atomic E-state index is 0.328. The molecule has 0 fully saturated rings. The zero-order valence-corrected chi connectivity index (χ0v) is 8.81. The van der Waals surface area contributed by atoms with Gasteiger partial charge in [-0.15, -0.1) is 0 Å². The lowest BCUT2D eigenvalue weighted by molar-refractivity contribution is 0.628. The van der Waals surface area contributed by atoms with Crippen molar-refractivity contribution in [3.05, 3.63) is 36.2 Å². The van der Waals surface area contributed by atoms with Crippen LogP contribution < -0.4 is 11.1 Å². The van der Waals surface area contributed by atoms with Crippen LogP contribution in [0.15, 0.2) is 24.5 Å². The average Bonchev–Trinajstić information content (AvgIpc) is 2.66. The highest BCUT2D eigenvalue weighted by molar-refractivity contribution is 5.65. The van der Waals surface area contributed by atoms with E-state index in [-0.39, 0.29) is 5.82 Å². The van der Waals surface area contributed by atoms with Crippen LogP contribution in [0, 0.1) is 5.82 Å². The Morgan fingerprint density at radius 3 is 3.00 bits per heavy atom. The second kappa shape index (κ2) is 4.18. The summed E-state index contributed by atoms with van der Waals surface area (Å²) >= 11 is 0. The van der Waals surface area contributed by atoms with E-state index in [4.69, 9.17) is 5.73 Å². The Bertz CT molecular complexity index is 494. The highest BCUT2D eigenvalue weighted by Gasteiger charge is 2.02. The van der Waals surface area contributed by atoms with Crippen molar-refractivity contribution in [3.8, 4) is 0 Å². The van der Waals surface area contributed by atoms with E-state index in [0.29, 0.717) is 23.7 Å². The number of nitrogens with one attached hydrogen (secondary N) is 1. The van der Waals surface area contributed by atoms with Crippen molar-refractivity contribution in [3.63, 3.8) is 0 Å². The van der Waals surface area contributed by atoms with Crippen LogP contribution in [-0.2, 0) is 13.6 Å². The molecule has 0 radical (unpaired) electrons. The molecule has 1 aromatic carbocycles. The first kappa shape index (κ1) is 10.4. The Morgan fingerprint density at radius 1 is 1.50 bits per heavy atom. The number of aromatic nitrogens is 3. The minimum atomic E-state index is -0.328. The van der Waals surface area contributed by atoms with Crippen molar-refractivity contribution < 1.29 is 4.39 Å². The van der Waals surface area contributed by atoms with Gasteiger partial charge in [0.25, 0.3) is 0 Å². The monoisotopic (exact) mass is 221 g/mol. The third-order valence-corrected chi connectivity index (χ3v) is 2.10. The molecule has 3 N–H and O–H groups in total. The van der Waals surface area contributed by atoms with Gasteiger partial charge in [-0.3, -0.25) is 4.68 Å². The Kier molecular flexibility index (Phi) is 2.72. The van der Waals surface area contributed by atoms with Crippen LogP contribution in [0.25, 0.3) is 0 Å². The van der Waals surface area contributed by atoms with Gasteiger partial charge in [0.05, 0.1) is 17.9 Å². The van der Waals surface area contributed by atoms with Crippen molar-refractivity contribution in [1.29, 1.82) is 0 Å². The van der Waals surface area contributed by atoms with E-state index in [1.807, 2.05) is 0 Å². The molecule has 1 heterocycles. The maximum absolute atomic E-state index is 12.9. The van der Waals surface area contributed by atoms with E-state index in [2.05, 4.69) is 15.4 Å². The fraction of sp³-hybridized carbons (Fsp3) is 0.200. The number of hydrogen-bond donors (Lipinski definition) is 2. The number of anilines is 2. The topological polar surface area (TPSA) is 68.8 Å². The standard InChI is InChI=1S/C10H12FN5/c1-16-6-14-10(15-16)5-13-9-4-7(11)2-3-8(9)12/h2-4,6,13H,5,12H2,1H3. The van der Waals surface area contributed by atoms with Crippen LogP contribution in [0.3, 0.4) is 0 Å². The summed E-state index contributed by atoms with van der Waals surface area (Å²) in [5.41, 5.74) is 6.73. The van der Waals surface area contributed by atoms with Gasteiger partial charge in [-0.05, 0) is 18.2 Å². The van der Waals surface area contributed by atoms with E-state index in [1.54, 1.807) is 18.1 Å². The number of halogens is 1. The summed E-state index contributed by atoms with van der Waals surface area (Å²) in [6.07, 6.45) is 1.60. The fourth-order valence-corrected chi connectivity index (χ4v) is 1.32. The van der Waals surface area contributed by atoms with Crippen LogP contribution >= 0.6 is 0 Å². The molecule has 0 saturated heterocycles. The van der Waals surface area contributed by atoms with Crippen LogP contribution in [0.2, 0.25) is 0 Å². The number of nitrogens with zero attached hydrogens (tertiary/aromatic N) is 3. The van der Waals surface area contributed by atoms with E-state index in [1.165, 1.54) is 18.2 Å². The maximum Gasteiger partial charge on any atom is 0.169 e. The smallest absolute Gasteiger partial charge is 0.169 e. The first-order valence-electron chi connectivity index (χ1n) is 4.78. The number of benzene rings is 1. The molecule has 16 heavy (non-hydrogen) atoms. The quantitative estimate of drug-likeness (QED) is 0.763. The maximum atomic E-state index is 12.9. The second-order valence-corrected chi connectivity index (χ2v) is 3.42. The van der Waals surface area contributed by atoms with E-state index in [9.17, 15) is 4.39 Å². The highest BCUT2D eigenvalue weighted by Crippen LogP contribution is 2.19. The van der Waals surface area contributed by atoms with Gasteiger partial charge < -0.3 is 11.1 Å². The van der Waals surface area contributed by atoms with Crippen LogP contribution in [0.5, 0.6) is 0 Å². The summed E-state index contributed by atoms with van der Waals surface area (Å²) in [7, 11) is 1.78. The molecule has 2 rings (SSSR count). The summed E-state index contributed by atoms with van der Waals surface area (Å²) in [5.74, 6) is 0.303. The summed E-state index contributed by atoms with van der Waals surface area (Å²) in [6, 6.07) is 4.18. The lowest BCUT2D eigenvalue weighted by Gasteiger charge is -2.07. The molecule has 1 aromatic heterocycles. The lowest BCUT2D eigenvalue weighted by atomic mass is 10.2. The molecule has 2 aromatic rings. The molecule has 6 heteroatoms. The Labute approximate surface area is 92.1 Å². The van der Waals surface area contributed by atoms with Crippen molar-refractivity contribution >= 4 is 11.4 Å². The third-order valence-electron chi connectivity index (χ3n) is 2.10. The zero-order valence-electron chi connectivity index (χ0n) is 8.81. The number of aryl methyl sites for hydroxylation is 1. The predicted molar refractivity (Wildman–Crippen MR) is 59.1 cm³/mol. The lowest BCUT2D eigenvalue weighted by Crippen LogP contribution is -2.04. The molecule has 0 saturated carbocycles. The van der Waals surface area contributed by atoms with E-state index < -0.39 is 0 Å². The number of nitrogens with two attached hydrogens (primary N) is 1. The molecule has 0 spiro atoms. The molecule has 0 aliphatic rings. The zero-order chi connectivity index (χ0) is 11.5. The molecule has 0 amide bonds. The Balaban J connectivity index is 2.07. The van der Waals surface area contributed by atoms with E-state index in [0.717, 1.165) is 0 Å². The molecule has 0 aliphatic carbocycles. The van der Waals surface area contributed by atoms with Crippen molar-refractivity contribution in [2.24, 2.45) is 7.05 Å². The molecule has 84 valence electrons. The number of rotatable bonds is 3. The van der Waals surface area contributed by atoms with Gasteiger partial charge in [0.2, 0.25) is 0 Å². The van der Waals surface area contributed by atoms with Crippen molar-refractivity contribution in [2.75, 3.05) is 11.1 Å².